The van der Waals surface area contributed by atoms with Gasteiger partial charge in [-0.25, -0.2) is 0 Å². The maximum Gasteiger partial charge on any atom is 3.00 e. The van der Waals surface area contributed by atoms with Gasteiger partial charge in [-0.15, -0.1) is 0 Å². The third-order valence-electron chi connectivity index (χ3n) is 5.58. The van der Waals surface area contributed by atoms with Crippen molar-refractivity contribution >= 4 is 0 Å². The van der Waals surface area contributed by atoms with Crippen LogP contribution in [0.5, 0.6) is 5.75 Å². The Bertz CT molecular complexity index is 970. The zero-order valence-corrected chi connectivity index (χ0v) is 20.4. The first-order valence-electron chi connectivity index (χ1n) is 8.98. The molecule has 1 nitrogen and oxygen atoms in total. The van der Waals surface area contributed by atoms with Gasteiger partial charge in [-0.1, -0.05) is 82.3 Å². The minimum absolute atomic E-state index is 0. The summed E-state index contributed by atoms with van der Waals surface area (Å²) in [6, 6.07) is 21.3. The van der Waals surface area contributed by atoms with Crippen molar-refractivity contribution in [2.75, 3.05) is 0 Å². The standard InChI is InChI=1S/C24H24O.3CH3.Ti/c1-15(2)17-9-7-10-18(23(17)25)16-12-13-20-19-8-5-6-11-21(19)24(3,4)22(20)14-16;;;;/h5-15,25H,1-4H3;3*1H3;/q;3*-1;+3. The van der Waals surface area contributed by atoms with Crippen LogP contribution < -0.4 is 0 Å². The normalized spacial score (nSPS) is 12.4. The molecule has 0 heterocycles. The molecule has 0 saturated carbocycles. The zero-order valence-electron chi connectivity index (χ0n) is 18.8. The second-order valence-electron chi connectivity index (χ2n) is 7.83. The molecule has 0 fully saturated rings. The van der Waals surface area contributed by atoms with Gasteiger partial charge in [0.05, 0.1) is 0 Å². The summed E-state index contributed by atoms with van der Waals surface area (Å²) < 4.78 is 0. The van der Waals surface area contributed by atoms with E-state index < -0.39 is 0 Å². The monoisotopic (exact) mass is 421 g/mol. The molecular weight excluding hydrogens is 388 g/mol. The van der Waals surface area contributed by atoms with Crippen molar-refractivity contribution in [1.29, 1.82) is 0 Å². The molecule has 0 aromatic heterocycles. The summed E-state index contributed by atoms with van der Waals surface area (Å²) in [6.45, 7) is 8.79. The molecule has 1 radical (unpaired) electrons. The second kappa shape index (κ2) is 9.78. The fraction of sp³-hybridized carbons (Fsp3) is 0.222. The van der Waals surface area contributed by atoms with Gasteiger partial charge in [-0.05, 0) is 45.4 Å². The molecule has 0 aliphatic heterocycles. The number of phenols is 1. The number of rotatable bonds is 2. The summed E-state index contributed by atoms with van der Waals surface area (Å²) in [4.78, 5) is 0. The van der Waals surface area contributed by atoms with Crippen molar-refractivity contribution in [1.82, 2.24) is 0 Å². The molecule has 1 aliphatic carbocycles. The van der Waals surface area contributed by atoms with Crippen LogP contribution in [0.4, 0.5) is 0 Å². The number of fused-ring (bicyclic) bond motifs is 3. The van der Waals surface area contributed by atoms with E-state index in [1.54, 1.807) is 0 Å². The molecule has 3 aromatic rings. The Morgan fingerprint density at radius 1 is 0.724 bits per heavy atom. The number of hydrogen-bond acceptors (Lipinski definition) is 1. The van der Waals surface area contributed by atoms with E-state index >= 15 is 0 Å². The minimum Gasteiger partial charge on any atom is -0.507 e. The summed E-state index contributed by atoms with van der Waals surface area (Å²) in [6.07, 6.45) is 0. The summed E-state index contributed by atoms with van der Waals surface area (Å²) in [5, 5.41) is 10.8. The Morgan fingerprint density at radius 2 is 1.31 bits per heavy atom. The average Bonchev–Trinajstić information content (AvgIpc) is 2.83. The van der Waals surface area contributed by atoms with E-state index in [-0.39, 0.29) is 49.4 Å². The summed E-state index contributed by atoms with van der Waals surface area (Å²) >= 11 is 0. The van der Waals surface area contributed by atoms with Crippen LogP contribution in [0.2, 0.25) is 0 Å². The minimum atomic E-state index is -0.0206. The Balaban J connectivity index is 0.00000196. The van der Waals surface area contributed by atoms with Crippen LogP contribution in [0.25, 0.3) is 22.3 Å². The Morgan fingerprint density at radius 3 is 1.97 bits per heavy atom. The molecule has 1 aliphatic rings. The van der Waals surface area contributed by atoms with Crippen molar-refractivity contribution in [2.45, 2.75) is 39.0 Å². The molecule has 0 spiro atoms. The van der Waals surface area contributed by atoms with E-state index in [1.165, 1.54) is 22.3 Å². The number of para-hydroxylation sites is 1. The van der Waals surface area contributed by atoms with E-state index in [0.29, 0.717) is 11.7 Å². The van der Waals surface area contributed by atoms with E-state index in [2.05, 4.69) is 70.2 Å². The van der Waals surface area contributed by atoms with Gasteiger partial charge in [0, 0.05) is 11.0 Å². The molecule has 0 saturated heterocycles. The SMILES string of the molecule is CC(C)c1cccc(-c2ccc3c(c2)C(C)(C)c2ccccc2-3)c1O.[CH3-].[CH3-].[CH3-].[Ti+3]. The molecular formula is C27H33OTi. The Kier molecular flexibility index (Phi) is 9.17. The molecule has 151 valence electrons. The van der Waals surface area contributed by atoms with Crippen LogP contribution >= 0.6 is 0 Å². The molecule has 2 heteroatoms. The molecule has 29 heavy (non-hydrogen) atoms. The third kappa shape index (κ3) is 4.22. The topological polar surface area (TPSA) is 20.2 Å². The molecule has 0 atom stereocenters. The van der Waals surface area contributed by atoms with Crippen molar-refractivity contribution in [3.8, 4) is 28.0 Å². The smallest absolute Gasteiger partial charge is 0.507 e. The number of aromatic hydroxyl groups is 1. The Hall–Kier alpha value is -1.83. The summed E-state index contributed by atoms with van der Waals surface area (Å²) in [5.74, 6) is 0.709. The first kappa shape index (κ1) is 27.2. The van der Waals surface area contributed by atoms with Gasteiger partial charge < -0.3 is 27.4 Å². The summed E-state index contributed by atoms with van der Waals surface area (Å²) in [7, 11) is 0. The maximum atomic E-state index is 10.8. The van der Waals surface area contributed by atoms with Gasteiger partial charge >= 0.3 is 21.7 Å². The number of hydrogen-bond donors (Lipinski definition) is 1. The number of benzene rings is 3. The molecule has 0 bridgehead atoms. The third-order valence-corrected chi connectivity index (χ3v) is 5.58. The molecule has 0 unspecified atom stereocenters. The van der Waals surface area contributed by atoms with E-state index in [1.807, 2.05) is 18.2 Å². The largest absolute Gasteiger partial charge is 3.00 e. The Labute approximate surface area is 193 Å². The second-order valence-corrected chi connectivity index (χ2v) is 7.83. The molecule has 3 aromatic carbocycles. The van der Waals surface area contributed by atoms with Gasteiger partial charge in [0.1, 0.15) is 5.75 Å². The van der Waals surface area contributed by atoms with Crippen molar-refractivity contribution in [3.63, 3.8) is 0 Å². The van der Waals surface area contributed by atoms with E-state index in [0.717, 1.165) is 16.7 Å². The first-order valence-corrected chi connectivity index (χ1v) is 8.98. The van der Waals surface area contributed by atoms with Gasteiger partial charge in [-0.3, -0.25) is 0 Å². The van der Waals surface area contributed by atoms with E-state index in [9.17, 15) is 5.11 Å². The van der Waals surface area contributed by atoms with E-state index in [4.69, 9.17) is 0 Å². The summed E-state index contributed by atoms with van der Waals surface area (Å²) in [5.41, 5.74) is 8.33. The van der Waals surface area contributed by atoms with Crippen molar-refractivity contribution < 1.29 is 26.8 Å². The van der Waals surface area contributed by atoms with Crippen molar-refractivity contribution in [3.05, 3.63) is 99.6 Å². The van der Waals surface area contributed by atoms with Crippen LogP contribution in [0, 0.1) is 22.3 Å². The first-order chi connectivity index (χ1) is 11.9. The van der Waals surface area contributed by atoms with Crippen LogP contribution in [-0.2, 0) is 27.1 Å². The van der Waals surface area contributed by atoms with Crippen LogP contribution in [-0.4, -0.2) is 5.11 Å². The molecule has 4 rings (SSSR count). The average molecular weight is 421 g/mol. The van der Waals surface area contributed by atoms with Crippen LogP contribution in [0.1, 0.15) is 50.3 Å². The predicted molar refractivity (Wildman–Crippen MR) is 124 cm³/mol. The van der Waals surface area contributed by atoms with Gasteiger partial charge in [0.15, 0.2) is 0 Å². The maximum absolute atomic E-state index is 10.8. The fourth-order valence-corrected chi connectivity index (χ4v) is 4.13. The molecule has 1 N–H and O–H groups in total. The zero-order chi connectivity index (χ0) is 17.8. The van der Waals surface area contributed by atoms with Crippen LogP contribution in [0.3, 0.4) is 0 Å². The van der Waals surface area contributed by atoms with Crippen molar-refractivity contribution in [2.24, 2.45) is 0 Å². The predicted octanol–water partition coefficient (Wildman–Crippen LogP) is 7.84. The molecule has 0 amide bonds. The quantitative estimate of drug-likeness (QED) is 0.330. The van der Waals surface area contributed by atoms with Gasteiger partial charge in [0.25, 0.3) is 0 Å². The van der Waals surface area contributed by atoms with Gasteiger partial charge in [-0.2, -0.15) is 0 Å². The fourth-order valence-electron chi connectivity index (χ4n) is 4.13. The van der Waals surface area contributed by atoms with Crippen LogP contribution in [0.15, 0.2) is 60.7 Å². The number of phenolic OH excluding ortho intramolecular Hbond substituents is 1. The van der Waals surface area contributed by atoms with Gasteiger partial charge in [0.2, 0.25) is 0 Å².